The van der Waals surface area contributed by atoms with Crippen molar-refractivity contribution < 1.29 is 4.74 Å². The third kappa shape index (κ3) is 4.85. The Morgan fingerprint density at radius 3 is 2.95 bits per heavy atom. The number of rotatable bonds is 6. The molecule has 0 aliphatic carbocycles. The van der Waals surface area contributed by atoms with Gasteiger partial charge in [-0.25, -0.2) is 0 Å². The number of hydrogen-bond donors (Lipinski definition) is 2. The number of aliphatic imine (C=N–C) groups is 1. The molecule has 1 aromatic rings. The monoisotopic (exact) mass is 389 g/mol. The van der Waals surface area contributed by atoms with Gasteiger partial charge in [-0.2, -0.15) is 0 Å². The third-order valence-corrected chi connectivity index (χ3v) is 3.32. The fourth-order valence-electron chi connectivity index (χ4n) is 2.24. The van der Waals surface area contributed by atoms with Crippen LogP contribution in [0.25, 0.3) is 0 Å². The standard InChI is InChI=1S/C15H23N3O.HI/c1-2-3-4-7-10-17-15(16)18-13-11-19-14-9-6-5-8-12(13)14;/h5-6,8-9,13H,2-4,7,10-11H2,1H3,(H3,16,17,18);1H. The first-order valence-corrected chi connectivity index (χ1v) is 7.09. The molecule has 2 rings (SSSR count). The number of ether oxygens (including phenoxy) is 1. The maximum Gasteiger partial charge on any atom is 0.189 e. The molecule has 1 aliphatic rings. The van der Waals surface area contributed by atoms with Crippen molar-refractivity contribution in [1.29, 1.82) is 0 Å². The maximum atomic E-state index is 5.91. The summed E-state index contributed by atoms with van der Waals surface area (Å²) in [4.78, 5) is 4.36. The highest BCUT2D eigenvalue weighted by molar-refractivity contribution is 14.0. The van der Waals surface area contributed by atoms with Gasteiger partial charge in [-0.05, 0) is 12.5 Å². The zero-order chi connectivity index (χ0) is 13.5. The van der Waals surface area contributed by atoms with E-state index in [0.717, 1.165) is 24.3 Å². The van der Waals surface area contributed by atoms with Crippen molar-refractivity contribution in [2.75, 3.05) is 13.2 Å². The first-order valence-electron chi connectivity index (χ1n) is 7.09. The molecule has 112 valence electrons. The van der Waals surface area contributed by atoms with Crippen LogP contribution in [0.5, 0.6) is 5.75 Å². The minimum absolute atomic E-state index is 0. The van der Waals surface area contributed by atoms with Gasteiger partial charge >= 0.3 is 0 Å². The second-order valence-electron chi connectivity index (χ2n) is 4.87. The van der Waals surface area contributed by atoms with Gasteiger partial charge in [0.25, 0.3) is 0 Å². The molecule has 0 amide bonds. The number of unbranched alkanes of at least 4 members (excludes halogenated alkanes) is 3. The fraction of sp³-hybridized carbons (Fsp3) is 0.533. The fourth-order valence-corrected chi connectivity index (χ4v) is 2.24. The second kappa shape index (κ2) is 9.05. The van der Waals surface area contributed by atoms with E-state index < -0.39 is 0 Å². The Morgan fingerprint density at radius 1 is 1.35 bits per heavy atom. The second-order valence-corrected chi connectivity index (χ2v) is 4.87. The van der Waals surface area contributed by atoms with Crippen LogP contribution in [0.15, 0.2) is 29.3 Å². The molecule has 0 saturated heterocycles. The minimum Gasteiger partial charge on any atom is -0.491 e. The Balaban J connectivity index is 0.00000200. The van der Waals surface area contributed by atoms with Crippen LogP contribution >= 0.6 is 24.0 Å². The number of fused-ring (bicyclic) bond motifs is 1. The molecule has 20 heavy (non-hydrogen) atoms. The lowest BCUT2D eigenvalue weighted by molar-refractivity contribution is 0.324. The number of nitrogens with two attached hydrogens (primary N) is 1. The number of para-hydroxylation sites is 1. The zero-order valence-corrected chi connectivity index (χ0v) is 14.3. The van der Waals surface area contributed by atoms with E-state index in [1.165, 1.54) is 19.3 Å². The maximum absolute atomic E-state index is 5.91. The molecule has 1 unspecified atom stereocenters. The van der Waals surface area contributed by atoms with Gasteiger partial charge in [-0.1, -0.05) is 44.4 Å². The van der Waals surface area contributed by atoms with Crippen molar-refractivity contribution >= 4 is 29.9 Å². The molecule has 0 bridgehead atoms. The lowest BCUT2D eigenvalue weighted by Crippen LogP contribution is -2.35. The zero-order valence-electron chi connectivity index (χ0n) is 12.0. The van der Waals surface area contributed by atoms with Gasteiger partial charge < -0.3 is 15.8 Å². The molecule has 0 aromatic heterocycles. The van der Waals surface area contributed by atoms with E-state index >= 15 is 0 Å². The molecular formula is C15H24IN3O. The van der Waals surface area contributed by atoms with Crippen LogP contribution in [-0.4, -0.2) is 19.1 Å². The predicted octanol–water partition coefficient (Wildman–Crippen LogP) is 3.22. The van der Waals surface area contributed by atoms with Gasteiger partial charge in [0.05, 0.1) is 6.04 Å². The number of nitrogens with one attached hydrogen (secondary N) is 1. The highest BCUT2D eigenvalue weighted by Crippen LogP contribution is 2.31. The summed E-state index contributed by atoms with van der Waals surface area (Å²) in [7, 11) is 0. The summed E-state index contributed by atoms with van der Waals surface area (Å²) in [6.45, 7) is 3.62. The average molecular weight is 389 g/mol. The van der Waals surface area contributed by atoms with Crippen molar-refractivity contribution in [3.63, 3.8) is 0 Å². The molecule has 3 N–H and O–H groups in total. The first-order chi connectivity index (χ1) is 9.31. The minimum atomic E-state index is 0. The summed E-state index contributed by atoms with van der Waals surface area (Å²) >= 11 is 0. The number of benzene rings is 1. The summed E-state index contributed by atoms with van der Waals surface area (Å²) in [6.07, 6.45) is 4.84. The van der Waals surface area contributed by atoms with Crippen molar-refractivity contribution in [3.05, 3.63) is 29.8 Å². The number of hydrogen-bond acceptors (Lipinski definition) is 2. The highest BCUT2D eigenvalue weighted by Gasteiger charge is 2.23. The lowest BCUT2D eigenvalue weighted by atomic mass is 10.1. The summed E-state index contributed by atoms with van der Waals surface area (Å²) in [5, 5.41) is 3.23. The summed E-state index contributed by atoms with van der Waals surface area (Å²) in [5.74, 6) is 1.46. The molecule has 0 fully saturated rings. The smallest absolute Gasteiger partial charge is 0.189 e. The van der Waals surface area contributed by atoms with Crippen LogP contribution in [0.3, 0.4) is 0 Å². The van der Waals surface area contributed by atoms with E-state index in [2.05, 4.69) is 23.3 Å². The van der Waals surface area contributed by atoms with Crippen molar-refractivity contribution in [2.45, 2.75) is 38.6 Å². The van der Waals surface area contributed by atoms with E-state index in [9.17, 15) is 0 Å². The van der Waals surface area contributed by atoms with E-state index in [4.69, 9.17) is 10.5 Å². The Hall–Kier alpha value is -0.980. The summed E-state index contributed by atoms with van der Waals surface area (Å²) in [6, 6.07) is 8.16. The molecule has 0 radical (unpaired) electrons. The van der Waals surface area contributed by atoms with E-state index in [1.54, 1.807) is 0 Å². The van der Waals surface area contributed by atoms with Crippen molar-refractivity contribution in [2.24, 2.45) is 10.7 Å². The number of halogens is 1. The Labute approximate surface area is 138 Å². The molecule has 5 heteroatoms. The molecule has 0 spiro atoms. The molecule has 1 aliphatic heterocycles. The van der Waals surface area contributed by atoms with Gasteiger partial charge in [0.15, 0.2) is 5.96 Å². The third-order valence-electron chi connectivity index (χ3n) is 3.32. The van der Waals surface area contributed by atoms with Crippen molar-refractivity contribution in [3.8, 4) is 5.75 Å². The van der Waals surface area contributed by atoms with Crippen LogP contribution < -0.4 is 15.8 Å². The van der Waals surface area contributed by atoms with E-state index in [0.29, 0.717) is 12.6 Å². The Morgan fingerprint density at radius 2 is 2.15 bits per heavy atom. The normalized spacial score (nSPS) is 17.1. The van der Waals surface area contributed by atoms with Gasteiger partial charge in [-0.15, -0.1) is 24.0 Å². The molecular weight excluding hydrogens is 365 g/mol. The van der Waals surface area contributed by atoms with Crippen molar-refractivity contribution in [1.82, 2.24) is 5.32 Å². The van der Waals surface area contributed by atoms with Gasteiger partial charge in [0.1, 0.15) is 12.4 Å². The van der Waals surface area contributed by atoms with Gasteiger partial charge in [-0.3, -0.25) is 4.99 Å². The molecule has 1 aromatic carbocycles. The van der Waals surface area contributed by atoms with Gasteiger partial charge in [0, 0.05) is 12.1 Å². The van der Waals surface area contributed by atoms with Crippen LogP contribution in [0.2, 0.25) is 0 Å². The Bertz CT molecular complexity index is 437. The largest absolute Gasteiger partial charge is 0.491 e. The number of guanidine groups is 1. The van der Waals surface area contributed by atoms with Crippen LogP contribution in [0.1, 0.15) is 44.2 Å². The van der Waals surface area contributed by atoms with Crippen LogP contribution in [0.4, 0.5) is 0 Å². The quantitative estimate of drug-likeness (QED) is 0.340. The number of nitrogens with zero attached hydrogens (tertiary/aromatic N) is 1. The molecule has 1 atom stereocenters. The van der Waals surface area contributed by atoms with E-state index in [-0.39, 0.29) is 30.0 Å². The van der Waals surface area contributed by atoms with E-state index in [1.807, 2.05) is 18.2 Å². The molecule has 4 nitrogen and oxygen atoms in total. The topological polar surface area (TPSA) is 59.6 Å². The first kappa shape index (κ1) is 17.1. The summed E-state index contributed by atoms with van der Waals surface area (Å²) < 4.78 is 5.60. The lowest BCUT2D eigenvalue weighted by Gasteiger charge is -2.12. The predicted molar refractivity (Wildman–Crippen MR) is 93.9 cm³/mol. The van der Waals surface area contributed by atoms with Crippen LogP contribution in [0, 0.1) is 0 Å². The SMILES string of the molecule is CCCCCCN=C(N)NC1COc2ccccc21.I. The Kier molecular flexibility index (Phi) is 7.72. The molecule has 0 saturated carbocycles. The summed E-state index contributed by atoms with van der Waals surface area (Å²) in [5.41, 5.74) is 7.07. The highest BCUT2D eigenvalue weighted by atomic mass is 127. The average Bonchev–Trinajstić information content (AvgIpc) is 2.82. The molecule has 1 heterocycles. The van der Waals surface area contributed by atoms with Gasteiger partial charge in [0.2, 0.25) is 0 Å². The van der Waals surface area contributed by atoms with Crippen LogP contribution in [-0.2, 0) is 0 Å².